The Morgan fingerprint density at radius 1 is 0.750 bits per heavy atom. The first-order valence-electron chi connectivity index (χ1n) is 9.41. The molecule has 0 amide bonds. The van der Waals surface area contributed by atoms with E-state index in [1.165, 1.54) is 19.2 Å². The summed E-state index contributed by atoms with van der Waals surface area (Å²) in [6.45, 7) is 0. The second kappa shape index (κ2) is 10.2. The summed E-state index contributed by atoms with van der Waals surface area (Å²) in [5, 5.41) is 6.38. The molecule has 10 heteroatoms. The van der Waals surface area contributed by atoms with Crippen LogP contribution in [0.3, 0.4) is 0 Å². The minimum absolute atomic E-state index is 0.0461. The van der Waals surface area contributed by atoms with Gasteiger partial charge in [-0.25, -0.2) is 8.42 Å². The summed E-state index contributed by atoms with van der Waals surface area (Å²) >= 11 is 5.35. The zero-order chi connectivity index (χ0) is 23.1. The van der Waals surface area contributed by atoms with E-state index in [1.54, 1.807) is 56.7 Å². The van der Waals surface area contributed by atoms with Gasteiger partial charge in [-0.05, 0) is 72.9 Å². The molecule has 0 aliphatic rings. The highest BCUT2D eigenvalue weighted by Gasteiger charge is 2.17. The third kappa shape index (κ3) is 5.80. The average molecular weight is 474 g/mol. The number of anilines is 3. The maximum absolute atomic E-state index is 12.8. The van der Waals surface area contributed by atoms with Crippen molar-refractivity contribution in [3.8, 4) is 17.2 Å². The van der Waals surface area contributed by atoms with Gasteiger partial charge in [0, 0.05) is 17.4 Å². The Labute approximate surface area is 192 Å². The van der Waals surface area contributed by atoms with Crippen molar-refractivity contribution in [1.82, 2.24) is 0 Å². The van der Waals surface area contributed by atoms with Gasteiger partial charge in [-0.2, -0.15) is 0 Å². The molecule has 3 aromatic carbocycles. The fourth-order valence-electron chi connectivity index (χ4n) is 2.77. The molecular formula is C22H23N3O5S2. The molecule has 0 spiro atoms. The van der Waals surface area contributed by atoms with Crippen molar-refractivity contribution >= 4 is 44.4 Å². The van der Waals surface area contributed by atoms with E-state index in [2.05, 4.69) is 15.4 Å². The van der Waals surface area contributed by atoms with Crippen LogP contribution in [0.5, 0.6) is 17.2 Å². The third-order valence-electron chi connectivity index (χ3n) is 4.42. The van der Waals surface area contributed by atoms with Crippen LogP contribution in [0.4, 0.5) is 17.1 Å². The summed E-state index contributed by atoms with van der Waals surface area (Å²) in [4.78, 5) is 0.0461. The monoisotopic (exact) mass is 473 g/mol. The Morgan fingerprint density at radius 2 is 1.31 bits per heavy atom. The van der Waals surface area contributed by atoms with Gasteiger partial charge < -0.3 is 24.8 Å². The first-order valence-corrected chi connectivity index (χ1v) is 11.3. The van der Waals surface area contributed by atoms with Gasteiger partial charge in [-0.1, -0.05) is 0 Å². The minimum atomic E-state index is -3.82. The standard InChI is InChI=1S/C22H23N3O5S2/c1-28-17-8-4-15(5-9-17)23-22(31)24-20-13-12-19(14-21(20)30-3)32(26,27)25-16-6-10-18(29-2)11-7-16/h4-14,25H,1-3H3,(H2,23,24,31). The number of sulfonamides is 1. The largest absolute Gasteiger partial charge is 0.497 e. The van der Waals surface area contributed by atoms with E-state index < -0.39 is 10.0 Å². The van der Waals surface area contributed by atoms with Crippen molar-refractivity contribution in [1.29, 1.82) is 0 Å². The normalized spacial score (nSPS) is 10.7. The SMILES string of the molecule is COc1ccc(NC(=S)Nc2ccc(S(=O)(=O)Nc3ccc(OC)cc3)cc2OC)cc1. The van der Waals surface area contributed by atoms with E-state index in [0.29, 0.717) is 28.0 Å². The summed E-state index contributed by atoms with van der Waals surface area (Å²) in [7, 11) is 0.763. The quantitative estimate of drug-likeness (QED) is 0.416. The lowest BCUT2D eigenvalue weighted by Crippen LogP contribution is -2.20. The molecule has 0 aliphatic carbocycles. The van der Waals surface area contributed by atoms with Gasteiger partial charge in [-0.15, -0.1) is 0 Å². The Bertz CT molecular complexity index is 1180. The Kier molecular flexibility index (Phi) is 7.39. The summed E-state index contributed by atoms with van der Waals surface area (Å²) in [6, 6.07) is 18.3. The van der Waals surface area contributed by atoms with Crippen LogP contribution in [0.15, 0.2) is 71.6 Å². The van der Waals surface area contributed by atoms with Crippen molar-refractivity contribution in [3.05, 3.63) is 66.7 Å². The molecule has 3 rings (SSSR count). The van der Waals surface area contributed by atoms with Gasteiger partial charge >= 0.3 is 0 Å². The van der Waals surface area contributed by atoms with Crippen LogP contribution < -0.4 is 29.6 Å². The maximum atomic E-state index is 12.8. The van der Waals surface area contributed by atoms with Crippen LogP contribution in [-0.2, 0) is 10.0 Å². The smallest absolute Gasteiger partial charge is 0.262 e. The van der Waals surface area contributed by atoms with Crippen LogP contribution in [0.2, 0.25) is 0 Å². The fourth-order valence-corrected chi connectivity index (χ4v) is 4.08. The molecule has 3 N–H and O–H groups in total. The number of hydrogen-bond donors (Lipinski definition) is 3. The molecule has 3 aromatic rings. The molecule has 0 aliphatic heterocycles. The maximum Gasteiger partial charge on any atom is 0.262 e. The molecule has 168 valence electrons. The molecule has 0 unspecified atom stereocenters. The first kappa shape index (κ1) is 23.2. The topological polar surface area (TPSA) is 97.9 Å². The molecule has 32 heavy (non-hydrogen) atoms. The van der Waals surface area contributed by atoms with Gasteiger partial charge in [0.2, 0.25) is 0 Å². The summed E-state index contributed by atoms with van der Waals surface area (Å²) in [5.41, 5.74) is 1.70. The van der Waals surface area contributed by atoms with E-state index in [0.717, 1.165) is 11.4 Å². The molecule has 8 nitrogen and oxygen atoms in total. The third-order valence-corrected chi connectivity index (χ3v) is 6.00. The molecule has 0 saturated carbocycles. The van der Waals surface area contributed by atoms with E-state index in [-0.39, 0.29) is 4.90 Å². The van der Waals surface area contributed by atoms with E-state index in [4.69, 9.17) is 26.4 Å². The van der Waals surface area contributed by atoms with Crippen molar-refractivity contribution in [2.24, 2.45) is 0 Å². The lowest BCUT2D eigenvalue weighted by Gasteiger charge is -2.15. The molecule has 0 atom stereocenters. The van der Waals surface area contributed by atoms with E-state index >= 15 is 0 Å². The summed E-state index contributed by atoms with van der Waals surface area (Å²) in [5.74, 6) is 1.68. The number of benzene rings is 3. The van der Waals surface area contributed by atoms with Crippen LogP contribution in [-0.4, -0.2) is 34.9 Å². The number of ether oxygens (including phenoxy) is 3. The molecule has 0 fully saturated rings. The number of hydrogen-bond acceptors (Lipinski definition) is 6. The van der Waals surface area contributed by atoms with Crippen LogP contribution in [0.25, 0.3) is 0 Å². The van der Waals surface area contributed by atoms with Crippen molar-refractivity contribution < 1.29 is 22.6 Å². The molecule has 0 radical (unpaired) electrons. The van der Waals surface area contributed by atoms with Crippen LogP contribution >= 0.6 is 12.2 Å². The van der Waals surface area contributed by atoms with Gasteiger partial charge in [0.1, 0.15) is 17.2 Å². The molecule has 0 heterocycles. The zero-order valence-electron chi connectivity index (χ0n) is 17.7. The molecule has 0 saturated heterocycles. The Hall–Kier alpha value is -3.50. The first-order chi connectivity index (χ1) is 15.3. The van der Waals surface area contributed by atoms with Gasteiger partial charge in [0.05, 0.1) is 31.9 Å². The highest BCUT2D eigenvalue weighted by Crippen LogP contribution is 2.29. The lowest BCUT2D eigenvalue weighted by molar-refractivity contribution is 0.415. The molecule has 0 aromatic heterocycles. The Morgan fingerprint density at radius 3 is 1.84 bits per heavy atom. The molecular weight excluding hydrogens is 450 g/mol. The number of methoxy groups -OCH3 is 3. The van der Waals surface area contributed by atoms with Crippen LogP contribution in [0.1, 0.15) is 0 Å². The second-order valence-electron chi connectivity index (χ2n) is 6.50. The zero-order valence-corrected chi connectivity index (χ0v) is 19.3. The number of thiocarbonyl (C=S) groups is 1. The number of nitrogens with one attached hydrogen (secondary N) is 3. The lowest BCUT2D eigenvalue weighted by atomic mass is 10.3. The second-order valence-corrected chi connectivity index (χ2v) is 8.59. The van der Waals surface area contributed by atoms with Gasteiger partial charge in [0.25, 0.3) is 10.0 Å². The van der Waals surface area contributed by atoms with Gasteiger partial charge in [0.15, 0.2) is 5.11 Å². The van der Waals surface area contributed by atoms with Crippen molar-refractivity contribution in [2.45, 2.75) is 4.90 Å². The average Bonchev–Trinajstić information content (AvgIpc) is 2.80. The number of rotatable bonds is 8. The predicted octanol–water partition coefficient (Wildman–Crippen LogP) is 4.32. The van der Waals surface area contributed by atoms with E-state index in [1.807, 2.05) is 12.1 Å². The summed E-state index contributed by atoms with van der Waals surface area (Å²) in [6.07, 6.45) is 0. The summed E-state index contributed by atoms with van der Waals surface area (Å²) < 4.78 is 43.7. The Balaban J connectivity index is 1.73. The minimum Gasteiger partial charge on any atom is -0.497 e. The predicted molar refractivity (Wildman–Crippen MR) is 130 cm³/mol. The fraction of sp³-hybridized carbons (Fsp3) is 0.136. The van der Waals surface area contributed by atoms with Gasteiger partial charge in [-0.3, -0.25) is 4.72 Å². The molecule has 0 bridgehead atoms. The van der Waals surface area contributed by atoms with Crippen molar-refractivity contribution in [3.63, 3.8) is 0 Å². The highest BCUT2D eigenvalue weighted by molar-refractivity contribution is 7.92. The van der Waals surface area contributed by atoms with E-state index in [9.17, 15) is 8.42 Å². The van der Waals surface area contributed by atoms with Crippen LogP contribution in [0, 0.1) is 0 Å². The van der Waals surface area contributed by atoms with Crippen molar-refractivity contribution in [2.75, 3.05) is 36.7 Å². The highest BCUT2D eigenvalue weighted by atomic mass is 32.2.